The second-order valence-electron chi connectivity index (χ2n) is 14.3. The van der Waals surface area contributed by atoms with E-state index in [2.05, 4.69) is 39.8 Å². The quantitative estimate of drug-likeness (QED) is 0.145. The van der Waals surface area contributed by atoms with Crippen molar-refractivity contribution in [2.75, 3.05) is 6.61 Å². The summed E-state index contributed by atoms with van der Waals surface area (Å²) in [5.74, 6) is 0.359. The van der Waals surface area contributed by atoms with Gasteiger partial charge in [-0.25, -0.2) is 0 Å². The smallest absolute Gasteiger partial charge is 0.131 e. The maximum atomic E-state index is 11.8. The minimum Gasteiger partial charge on any atom is -0.507 e. The molecule has 2 unspecified atom stereocenters. The summed E-state index contributed by atoms with van der Waals surface area (Å²) in [6.45, 7) is 8.60. The Morgan fingerprint density at radius 3 is 1.80 bits per heavy atom. The van der Waals surface area contributed by atoms with Gasteiger partial charge in [-0.15, -0.1) is 0 Å². The molecule has 1 fully saturated rings. The molecule has 45 heavy (non-hydrogen) atoms. The van der Waals surface area contributed by atoms with Crippen LogP contribution in [0.1, 0.15) is 101 Å². The Labute approximate surface area is 269 Å². The van der Waals surface area contributed by atoms with Crippen LogP contribution in [0.2, 0.25) is 0 Å². The summed E-state index contributed by atoms with van der Waals surface area (Å²) in [6, 6.07) is 28.1. The van der Waals surface area contributed by atoms with Gasteiger partial charge in [-0.1, -0.05) is 120 Å². The van der Waals surface area contributed by atoms with E-state index in [1.807, 2.05) is 72.8 Å². The zero-order valence-corrected chi connectivity index (χ0v) is 27.4. The minimum atomic E-state index is -0.698. The standard InChI is InChI=1S/C41H50O4/c1-40(2,3)35-26-31(27-36(39(35)45)41(4)21-12-7-13-22-41)32(20-23-42)37(43)19-18-28-24-33(29-14-8-5-9-15-29)38(44)34(25-28)30-16-10-6-11-17-30/h5-6,8-11,14-17,24-27,32,37,42-45H,7,12-13,18-23H2,1-4H3. The van der Waals surface area contributed by atoms with E-state index < -0.39 is 6.10 Å². The summed E-state index contributed by atoms with van der Waals surface area (Å²) < 4.78 is 0. The lowest BCUT2D eigenvalue weighted by molar-refractivity contribution is 0.117. The van der Waals surface area contributed by atoms with Crippen molar-refractivity contribution in [1.29, 1.82) is 0 Å². The van der Waals surface area contributed by atoms with E-state index in [1.165, 1.54) is 6.42 Å². The van der Waals surface area contributed by atoms with Crippen LogP contribution < -0.4 is 0 Å². The molecule has 0 heterocycles. The Morgan fingerprint density at radius 1 is 0.733 bits per heavy atom. The highest BCUT2D eigenvalue weighted by atomic mass is 16.3. The lowest BCUT2D eigenvalue weighted by Crippen LogP contribution is -2.28. The molecule has 5 rings (SSSR count). The van der Waals surface area contributed by atoms with Gasteiger partial charge in [0.15, 0.2) is 0 Å². The highest BCUT2D eigenvalue weighted by Crippen LogP contribution is 2.48. The van der Waals surface area contributed by atoms with Gasteiger partial charge in [0.25, 0.3) is 0 Å². The Hall–Kier alpha value is -3.60. The molecule has 4 heteroatoms. The van der Waals surface area contributed by atoms with E-state index in [0.29, 0.717) is 25.0 Å². The monoisotopic (exact) mass is 606 g/mol. The summed E-state index contributed by atoms with van der Waals surface area (Å²) in [4.78, 5) is 0. The first-order valence-corrected chi connectivity index (χ1v) is 16.7. The number of hydrogen-bond donors (Lipinski definition) is 4. The van der Waals surface area contributed by atoms with Crippen molar-refractivity contribution < 1.29 is 20.4 Å². The maximum absolute atomic E-state index is 11.8. The zero-order valence-electron chi connectivity index (χ0n) is 27.4. The third kappa shape index (κ3) is 7.29. The normalized spacial score (nSPS) is 16.3. The van der Waals surface area contributed by atoms with E-state index in [9.17, 15) is 20.4 Å². The maximum Gasteiger partial charge on any atom is 0.131 e. The first-order valence-electron chi connectivity index (χ1n) is 16.7. The SMILES string of the molecule is CC(C)(C)c1cc(C(CCO)C(O)CCc2cc(-c3ccccc3)c(O)c(-c3ccccc3)c2)cc(C2(C)CCCCC2)c1O. The summed E-state index contributed by atoms with van der Waals surface area (Å²) in [6.07, 6.45) is 6.44. The largest absolute Gasteiger partial charge is 0.507 e. The van der Waals surface area contributed by atoms with Crippen LogP contribution >= 0.6 is 0 Å². The molecule has 0 bridgehead atoms. The molecule has 0 spiro atoms. The van der Waals surface area contributed by atoms with Crippen LogP contribution in [-0.4, -0.2) is 33.1 Å². The summed E-state index contributed by atoms with van der Waals surface area (Å²) in [5.41, 5.74) is 6.94. The fraction of sp³-hybridized carbons (Fsp3) is 0.415. The topological polar surface area (TPSA) is 80.9 Å². The number of aromatic hydroxyl groups is 2. The van der Waals surface area contributed by atoms with Gasteiger partial charge in [0.05, 0.1) is 6.10 Å². The summed E-state index contributed by atoms with van der Waals surface area (Å²) in [5, 5.41) is 44.9. The number of hydrogen-bond acceptors (Lipinski definition) is 4. The second-order valence-corrected chi connectivity index (χ2v) is 14.3. The minimum absolute atomic E-state index is 0.0322. The predicted octanol–water partition coefficient (Wildman–Crippen LogP) is 9.41. The molecule has 0 radical (unpaired) electrons. The lowest BCUT2D eigenvalue weighted by atomic mass is 9.68. The molecule has 2 atom stereocenters. The summed E-state index contributed by atoms with van der Waals surface area (Å²) in [7, 11) is 0. The van der Waals surface area contributed by atoms with Crippen LogP contribution in [0.5, 0.6) is 11.5 Å². The van der Waals surface area contributed by atoms with Crippen molar-refractivity contribution in [1.82, 2.24) is 0 Å². The van der Waals surface area contributed by atoms with Gasteiger partial charge in [0.1, 0.15) is 11.5 Å². The van der Waals surface area contributed by atoms with Gasteiger partial charge in [-0.05, 0) is 82.9 Å². The van der Waals surface area contributed by atoms with Crippen LogP contribution in [-0.2, 0) is 17.3 Å². The predicted molar refractivity (Wildman–Crippen MR) is 185 cm³/mol. The molecule has 4 N–H and O–H groups in total. The molecule has 1 aliphatic carbocycles. The van der Waals surface area contributed by atoms with Crippen molar-refractivity contribution in [3.63, 3.8) is 0 Å². The van der Waals surface area contributed by atoms with Crippen molar-refractivity contribution >= 4 is 0 Å². The molecular formula is C41H50O4. The number of phenolic OH excluding ortho intramolecular Hbond substituents is 2. The highest BCUT2D eigenvalue weighted by molar-refractivity contribution is 5.82. The van der Waals surface area contributed by atoms with Gasteiger partial charge >= 0.3 is 0 Å². The van der Waals surface area contributed by atoms with Crippen molar-refractivity contribution in [3.8, 4) is 33.8 Å². The van der Waals surface area contributed by atoms with Gasteiger partial charge in [0, 0.05) is 29.2 Å². The zero-order chi connectivity index (χ0) is 32.2. The number of rotatable bonds is 10. The summed E-state index contributed by atoms with van der Waals surface area (Å²) >= 11 is 0. The highest BCUT2D eigenvalue weighted by Gasteiger charge is 2.35. The Kier molecular flexibility index (Phi) is 10.1. The molecule has 238 valence electrons. The van der Waals surface area contributed by atoms with Crippen molar-refractivity contribution in [3.05, 3.63) is 107 Å². The van der Waals surface area contributed by atoms with Crippen LogP contribution in [0.3, 0.4) is 0 Å². The molecular weight excluding hydrogens is 556 g/mol. The van der Waals surface area contributed by atoms with Crippen LogP contribution in [0.25, 0.3) is 22.3 Å². The average Bonchev–Trinajstić information content (AvgIpc) is 3.03. The van der Waals surface area contributed by atoms with Crippen LogP contribution in [0.15, 0.2) is 84.9 Å². The Balaban J connectivity index is 1.50. The number of aliphatic hydroxyl groups is 2. The number of benzene rings is 4. The number of aliphatic hydroxyl groups excluding tert-OH is 2. The Bertz CT molecular complexity index is 1500. The fourth-order valence-corrected chi connectivity index (χ4v) is 7.25. The van der Waals surface area contributed by atoms with E-state index >= 15 is 0 Å². The van der Waals surface area contributed by atoms with Crippen molar-refractivity contribution in [2.24, 2.45) is 0 Å². The van der Waals surface area contributed by atoms with Gasteiger partial charge in [-0.3, -0.25) is 0 Å². The molecule has 4 aromatic carbocycles. The lowest BCUT2D eigenvalue weighted by Gasteiger charge is -2.37. The number of phenols is 2. The van der Waals surface area contributed by atoms with Gasteiger partial charge in [0.2, 0.25) is 0 Å². The van der Waals surface area contributed by atoms with E-state index in [-0.39, 0.29) is 29.1 Å². The van der Waals surface area contributed by atoms with Crippen molar-refractivity contribution in [2.45, 2.75) is 102 Å². The molecule has 0 saturated heterocycles. The molecule has 1 saturated carbocycles. The fourth-order valence-electron chi connectivity index (χ4n) is 7.25. The molecule has 0 aromatic heterocycles. The molecule has 4 nitrogen and oxygen atoms in total. The Morgan fingerprint density at radius 2 is 1.29 bits per heavy atom. The third-order valence-corrected chi connectivity index (χ3v) is 9.95. The second kappa shape index (κ2) is 13.8. The molecule has 0 amide bonds. The third-order valence-electron chi connectivity index (χ3n) is 9.95. The van der Waals surface area contributed by atoms with E-state index in [4.69, 9.17) is 0 Å². The van der Waals surface area contributed by atoms with Crippen LogP contribution in [0, 0.1) is 0 Å². The van der Waals surface area contributed by atoms with Crippen LogP contribution in [0.4, 0.5) is 0 Å². The van der Waals surface area contributed by atoms with Gasteiger partial charge in [-0.2, -0.15) is 0 Å². The van der Waals surface area contributed by atoms with E-state index in [0.717, 1.165) is 70.2 Å². The molecule has 1 aliphatic rings. The molecule has 4 aromatic rings. The first-order chi connectivity index (χ1) is 21.5. The van der Waals surface area contributed by atoms with E-state index in [1.54, 1.807) is 0 Å². The number of aryl methyl sites for hydroxylation is 1. The first kappa shape index (κ1) is 32.8. The van der Waals surface area contributed by atoms with Gasteiger partial charge < -0.3 is 20.4 Å². The molecule has 0 aliphatic heterocycles. The average molecular weight is 607 g/mol.